The van der Waals surface area contributed by atoms with Crippen molar-refractivity contribution >= 4 is 22.6 Å². The van der Waals surface area contributed by atoms with Gasteiger partial charge in [-0.05, 0) is 0 Å². The van der Waals surface area contributed by atoms with Crippen LogP contribution in [0.3, 0.4) is 0 Å². The summed E-state index contributed by atoms with van der Waals surface area (Å²) < 4.78 is 139. The molecule has 0 aromatic rings. The van der Waals surface area contributed by atoms with Crippen molar-refractivity contribution < 1.29 is 48.3 Å². The fourth-order valence-corrected chi connectivity index (χ4v) is 3.33. The van der Waals surface area contributed by atoms with Gasteiger partial charge in [-0.1, -0.05) is 22.6 Å². The van der Waals surface area contributed by atoms with E-state index in [9.17, 15) is 48.3 Å². The Morgan fingerprint density at radius 1 is 0.421 bits per heavy atom. The molecule has 0 aliphatic heterocycles. The van der Waals surface area contributed by atoms with Crippen LogP contribution in [0.25, 0.3) is 0 Å². The molecule has 19 heavy (non-hydrogen) atoms. The van der Waals surface area contributed by atoms with Crippen molar-refractivity contribution in [1.82, 2.24) is 0 Å². The first-order chi connectivity index (χ1) is 8.00. The molecule has 12 heteroatoms. The third kappa shape index (κ3) is 0.883. The summed E-state index contributed by atoms with van der Waals surface area (Å²) in [7, 11) is 0. The van der Waals surface area contributed by atoms with Gasteiger partial charge in [-0.25, -0.2) is 13.2 Å². The fourth-order valence-electron chi connectivity index (χ4n) is 2.29. The highest BCUT2D eigenvalue weighted by molar-refractivity contribution is 14.1. The van der Waals surface area contributed by atoms with E-state index in [-0.39, 0.29) is 0 Å². The van der Waals surface area contributed by atoms with Crippen LogP contribution in [0.5, 0.6) is 0 Å². The van der Waals surface area contributed by atoms with E-state index in [0.717, 1.165) is 0 Å². The zero-order chi connectivity index (χ0) is 15.5. The van der Waals surface area contributed by atoms with E-state index in [1.165, 1.54) is 0 Å². The average molecular weight is 420 g/mol. The first-order valence-electron chi connectivity index (χ1n) is 4.27. The first kappa shape index (κ1) is 15.4. The Morgan fingerprint density at radius 2 is 0.684 bits per heavy atom. The molecule has 2 rings (SSSR count). The molecule has 2 bridgehead atoms. The molecule has 0 aromatic heterocycles. The predicted molar refractivity (Wildman–Crippen MR) is 45.3 cm³/mol. The smallest absolute Gasteiger partial charge is 0.223 e. The van der Waals surface area contributed by atoms with Gasteiger partial charge in [-0.2, -0.15) is 35.1 Å². The molecule has 0 nitrogen and oxygen atoms in total. The van der Waals surface area contributed by atoms with Crippen LogP contribution >= 0.6 is 22.6 Å². The maximum atomic E-state index is 13.4. The molecular weight excluding hydrogens is 420 g/mol. The minimum Gasteiger partial charge on any atom is -0.223 e. The van der Waals surface area contributed by atoms with Crippen LogP contribution in [0.1, 0.15) is 0 Å². The molecule has 0 amide bonds. The lowest BCUT2D eigenvalue weighted by Crippen LogP contribution is -2.73. The van der Waals surface area contributed by atoms with Gasteiger partial charge in [0.1, 0.15) is 0 Å². The van der Waals surface area contributed by atoms with Gasteiger partial charge < -0.3 is 0 Å². The van der Waals surface area contributed by atoms with Crippen LogP contribution in [-0.2, 0) is 0 Å². The number of fused-ring (bicyclic) bond motifs is 2. The summed E-state index contributed by atoms with van der Waals surface area (Å²) in [5.74, 6) is -32.4. The molecule has 112 valence electrons. The Hall–Kier alpha value is -0.0400. The summed E-state index contributed by atoms with van der Waals surface area (Å²) in [4.78, 5) is 0. The van der Waals surface area contributed by atoms with Gasteiger partial charge >= 0.3 is 35.3 Å². The van der Waals surface area contributed by atoms with Crippen molar-refractivity contribution in [2.45, 2.75) is 38.7 Å². The molecule has 0 atom stereocenters. The second kappa shape index (κ2) is 2.93. The quantitative estimate of drug-likeness (QED) is 0.315. The molecule has 0 unspecified atom stereocenters. The van der Waals surface area contributed by atoms with Gasteiger partial charge in [0.05, 0.1) is 0 Å². The van der Waals surface area contributed by atoms with E-state index < -0.39 is 61.3 Å². The Labute approximate surface area is 110 Å². The molecule has 0 heterocycles. The number of alkyl halides is 12. The Morgan fingerprint density at radius 3 is 0.842 bits per heavy atom. The fraction of sp³-hybridized carbons (Fsp3) is 1.00. The van der Waals surface area contributed by atoms with Gasteiger partial charge in [-0.3, -0.25) is 0 Å². The molecular formula is C7F11I. The van der Waals surface area contributed by atoms with Crippen LogP contribution < -0.4 is 0 Å². The number of rotatable bonds is 0. The zero-order valence-corrected chi connectivity index (χ0v) is 10.2. The molecule has 2 saturated carbocycles. The van der Waals surface area contributed by atoms with E-state index in [2.05, 4.69) is 0 Å². The Kier molecular flexibility index (Phi) is 2.37. The third-order valence-corrected chi connectivity index (χ3v) is 5.42. The summed E-state index contributed by atoms with van der Waals surface area (Å²) in [5, 5.41) is 0. The standard InChI is InChI=1S/C7F11I/c8-1-3(9,10)2(19,6(15,16)4(1,11)12)7(17,18)5(1,13)14. The summed E-state index contributed by atoms with van der Waals surface area (Å²) in [6.07, 6.45) is 0. The van der Waals surface area contributed by atoms with Crippen LogP contribution in [0, 0.1) is 0 Å². The van der Waals surface area contributed by atoms with Crippen molar-refractivity contribution in [2.75, 3.05) is 0 Å². The van der Waals surface area contributed by atoms with Crippen molar-refractivity contribution in [2.24, 2.45) is 0 Å². The number of hydrogen-bond acceptors (Lipinski definition) is 0. The van der Waals surface area contributed by atoms with Crippen molar-refractivity contribution in [3.05, 3.63) is 0 Å². The largest absolute Gasteiger partial charge is 0.357 e. The second-order valence-corrected chi connectivity index (χ2v) is 5.81. The zero-order valence-electron chi connectivity index (χ0n) is 8.04. The van der Waals surface area contributed by atoms with Gasteiger partial charge in [0, 0.05) is 0 Å². The number of halogens is 12. The number of hydrogen-bond donors (Lipinski definition) is 0. The Bertz CT molecular complexity index is 384. The molecule has 0 aromatic carbocycles. The molecule has 0 N–H and O–H groups in total. The second-order valence-electron chi connectivity index (χ2n) is 4.19. The van der Waals surface area contributed by atoms with Crippen LogP contribution in [0.4, 0.5) is 48.3 Å². The summed E-state index contributed by atoms with van der Waals surface area (Å²) >= 11 is -0.590. The van der Waals surface area contributed by atoms with Crippen molar-refractivity contribution in [3.8, 4) is 0 Å². The van der Waals surface area contributed by atoms with Crippen molar-refractivity contribution in [1.29, 1.82) is 0 Å². The molecule has 0 spiro atoms. The predicted octanol–water partition coefficient (Wildman–Crippen LogP) is 4.07. The molecule has 0 saturated heterocycles. The first-order valence-corrected chi connectivity index (χ1v) is 5.35. The van der Waals surface area contributed by atoms with Crippen LogP contribution in [-0.4, -0.2) is 38.7 Å². The molecule has 0 radical (unpaired) electrons. The highest BCUT2D eigenvalue weighted by atomic mass is 127. The lowest BCUT2D eigenvalue weighted by atomic mass is 9.84. The van der Waals surface area contributed by atoms with Crippen LogP contribution in [0.15, 0.2) is 0 Å². The van der Waals surface area contributed by atoms with Crippen molar-refractivity contribution in [3.63, 3.8) is 0 Å². The maximum absolute atomic E-state index is 13.4. The minimum atomic E-state index is -6.68. The molecule has 2 aliphatic rings. The third-order valence-electron chi connectivity index (χ3n) is 3.38. The van der Waals surface area contributed by atoms with Gasteiger partial charge in [0.25, 0.3) is 0 Å². The van der Waals surface area contributed by atoms with E-state index in [1.54, 1.807) is 0 Å². The normalized spacial score (nSPS) is 47.4. The van der Waals surface area contributed by atoms with Crippen LogP contribution in [0.2, 0.25) is 0 Å². The molecule has 2 fully saturated rings. The van der Waals surface area contributed by atoms with Gasteiger partial charge in [0.2, 0.25) is 3.42 Å². The topological polar surface area (TPSA) is 0 Å². The average Bonchev–Trinajstić information content (AvgIpc) is 2.32. The lowest BCUT2D eigenvalue weighted by Gasteiger charge is -2.43. The summed E-state index contributed by atoms with van der Waals surface area (Å²) in [6, 6.07) is 0. The van der Waals surface area contributed by atoms with Gasteiger partial charge in [0.15, 0.2) is 0 Å². The van der Waals surface area contributed by atoms with E-state index in [4.69, 9.17) is 0 Å². The maximum Gasteiger partial charge on any atom is 0.357 e. The highest BCUT2D eigenvalue weighted by Gasteiger charge is 3.15. The summed E-state index contributed by atoms with van der Waals surface area (Å²) in [6.45, 7) is 0. The monoisotopic (exact) mass is 420 g/mol. The lowest BCUT2D eigenvalue weighted by molar-refractivity contribution is -0.375. The Balaban J connectivity index is 2.99. The van der Waals surface area contributed by atoms with Gasteiger partial charge in [-0.15, -0.1) is 0 Å². The molecule has 2 aliphatic carbocycles. The SMILES string of the molecule is FC1(F)C(F)(F)C2(I)C(F)(F)C(F)(F)C1(F)C2(F)F. The minimum absolute atomic E-state index is 0.590. The highest BCUT2D eigenvalue weighted by Crippen LogP contribution is 2.84. The van der Waals surface area contributed by atoms with E-state index in [1.807, 2.05) is 0 Å². The van der Waals surface area contributed by atoms with E-state index in [0.29, 0.717) is 0 Å². The van der Waals surface area contributed by atoms with E-state index >= 15 is 0 Å². The summed E-state index contributed by atoms with van der Waals surface area (Å²) in [5.41, 5.74) is -6.68.